The lowest BCUT2D eigenvalue weighted by Crippen LogP contribution is -2.49. The molecular weight excluding hydrogens is 431 g/mol. The van der Waals surface area contributed by atoms with Gasteiger partial charge in [-0.3, -0.25) is 18.4 Å². The number of carbonyl (C=O) groups is 1. The van der Waals surface area contributed by atoms with Crippen LogP contribution in [0.25, 0.3) is 11.2 Å². The van der Waals surface area contributed by atoms with Crippen molar-refractivity contribution in [3.63, 3.8) is 0 Å². The lowest BCUT2D eigenvalue weighted by Gasteiger charge is -2.36. The van der Waals surface area contributed by atoms with Gasteiger partial charge in [0.15, 0.2) is 11.9 Å². The maximum Gasteiger partial charge on any atom is 0.406 e. The highest BCUT2D eigenvalue weighted by Crippen LogP contribution is 2.56. The minimum absolute atomic E-state index is 0.0415. The van der Waals surface area contributed by atoms with Crippen LogP contribution in [0.15, 0.2) is 12.5 Å². The van der Waals surface area contributed by atoms with Crippen molar-refractivity contribution in [2.45, 2.75) is 63.9 Å². The summed E-state index contributed by atoms with van der Waals surface area (Å²) in [6.07, 6.45) is -0.144. The number of nitrogens with two attached hydrogens (primary N) is 1. The van der Waals surface area contributed by atoms with E-state index in [2.05, 4.69) is 20.0 Å². The first-order valence-electron chi connectivity index (χ1n) is 9.74. The number of aliphatic hydroxyl groups is 1. The largest absolute Gasteiger partial charge is 0.462 e. The molecule has 0 bridgehead atoms. The number of nitrogen functional groups attached to an aromatic ring is 1. The Morgan fingerprint density at radius 3 is 2.90 bits per heavy atom. The van der Waals surface area contributed by atoms with E-state index in [0.717, 1.165) is 0 Å². The van der Waals surface area contributed by atoms with Crippen molar-refractivity contribution in [2.75, 3.05) is 12.3 Å². The van der Waals surface area contributed by atoms with E-state index in [0.29, 0.717) is 11.2 Å². The number of imidazole rings is 1. The third-order valence-corrected chi connectivity index (χ3v) is 6.72. The van der Waals surface area contributed by atoms with E-state index in [-0.39, 0.29) is 18.7 Å². The number of anilines is 1. The quantitative estimate of drug-likeness (QED) is 0.421. The lowest BCUT2D eigenvalue weighted by atomic mass is 9.96. The molecule has 0 saturated carbocycles. The zero-order valence-corrected chi connectivity index (χ0v) is 18.4. The van der Waals surface area contributed by atoms with Crippen LogP contribution in [0.3, 0.4) is 0 Å². The standard InChI is InChI=1S/C17H25N6O7P/c1-8(2)28-14(24)9(3)22-31(26)27-6-11-12(30-31)17(4,25)15(29-11)23-7-20-10-5-19-16(18)21-13(10)23/h5,7-9,11-12,15,25H,6H2,1-4H3,(H,22,26)(H2,18,19,21). The molecule has 2 aliphatic rings. The number of hydrogen-bond donors (Lipinski definition) is 3. The van der Waals surface area contributed by atoms with Gasteiger partial charge in [-0.1, -0.05) is 0 Å². The minimum Gasteiger partial charge on any atom is -0.462 e. The van der Waals surface area contributed by atoms with Crippen LogP contribution < -0.4 is 10.8 Å². The number of rotatable bonds is 5. The molecule has 2 aliphatic heterocycles. The Balaban J connectivity index is 1.55. The zero-order valence-electron chi connectivity index (χ0n) is 17.5. The van der Waals surface area contributed by atoms with Crippen LogP contribution in [0.2, 0.25) is 0 Å². The molecular formula is C17H25N6O7P. The Kier molecular flexibility index (Phi) is 5.53. The summed E-state index contributed by atoms with van der Waals surface area (Å²) in [4.78, 5) is 24.3. The van der Waals surface area contributed by atoms with Crippen molar-refractivity contribution in [2.24, 2.45) is 0 Å². The maximum atomic E-state index is 13.1. The Labute approximate surface area is 177 Å². The molecule has 0 aromatic carbocycles. The number of nitrogens with zero attached hydrogens (tertiary/aromatic N) is 4. The molecule has 2 aromatic rings. The van der Waals surface area contributed by atoms with Gasteiger partial charge >= 0.3 is 13.7 Å². The van der Waals surface area contributed by atoms with E-state index in [1.54, 1.807) is 13.8 Å². The molecule has 31 heavy (non-hydrogen) atoms. The number of carbonyl (C=O) groups excluding carboxylic acids is 1. The van der Waals surface area contributed by atoms with Crippen molar-refractivity contribution in [3.8, 4) is 0 Å². The van der Waals surface area contributed by atoms with Crippen molar-refractivity contribution < 1.29 is 33.0 Å². The highest BCUT2D eigenvalue weighted by Gasteiger charge is 2.60. The Morgan fingerprint density at radius 2 is 2.19 bits per heavy atom. The van der Waals surface area contributed by atoms with E-state index in [1.165, 1.54) is 30.9 Å². The van der Waals surface area contributed by atoms with Crippen LogP contribution in [-0.4, -0.2) is 67.2 Å². The summed E-state index contributed by atoms with van der Waals surface area (Å²) in [5.41, 5.74) is 4.87. The molecule has 0 amide bonds. The van der Waals surface area contributed by atoms with Gasteiger partial charge in [0.2, 0.25) is 5.95 Å². The van der Waals surface area contributed by atoms with E-state index in [9.17, 15) is 14.5 Å². The van der Waals surface area contributed by atoms with Crippen LogP contribution >= 0.6 is 7.75 Å². The highest BCUT2D eigenvalue weighted by atomic mass is 31.2. The topological polar surface area (TPSA) is 173 Å². The van der Waals surface area contributed by atoms with Gasteiger partial charge in [-0.2, -0.15) is 4.98 Å². The van der Waals surface area contributed by atoms with Crippen molar-refractivity contribution in [1.29, 1.82) is 0 Å². The monoisotopic (exact) mass is 456 g/mol. The number of ether oxygens (including phenoxy) is 2. The van der Waals surface area contributed by atoms with Crippen LogP contribution in [-0.2, 0) is 27.9 Å². The van der Waals surface area contributed by atoms with E-state index < -0.39 is 43.8 Å². The first kappa shape index (κ1) is 22.1. The smallest absolute Gasteiger partial charge is 0.406 e. The summed E-state index contributed by atoms with van der Waals surface area (Å²) in [5.74, 6) is -0.561. The molecule has 4 N–H and O–H groups in total. The number of fused-ring (bicyclic) bond motifs is 2. The average molecular weight is 456 g/mol. The van der Waals surface area contributed by atoms with Crippen LogP contribution in [0.1, 0.15) is 33.9 Å². The summed E-state index contributed by atoms with van der Waals surface area (Å²) in [6.45, 7) is 6.26. The lowest BCUT2D eigenvalue weighted by molar-refractivity contribution is -0.149. The van der Waals surface area contributed by atoms with Crippen molar-refractivity contribution in [1.82, 2.24) is 24.6 Å². The average Bonchev–Trinajstić information content (AvgIpc) is 3.19. The van der Waals surface area contributed by atoms with Gasteiger partial charge < -0.3 is 20.3 Å². The third-order valence-electron chi connectivity index (χ3n) is 5.02. The van der Waals surface area contributed by atoms with Gasteiger partial charge in [0, 0.05) is 0 Å². The first-order valence-corrected chi connectivity index (χ1v) is 11.3. The molecule has 2 aromatic heterocycles. The Bertz CT molecular complexity index is 1040. The van der Waals surface area contributed by atoms with Crippen LogP contribution in [0.5, 0.6) is 0 Å². The van der Waals surface area contributed by atoms with Crippen molar-refractivity contribution in [3.05, 3.63) is 12.5 Å². The van der Waals surface area contributed by atoms with Gasteiger partial charge in [-0.15, -0.1) is 0 Å². The molecule has 14 heteroatoms. The molecule has 6 unspecified atom stereocenters. The molecule has 0 aliphatic carbocycles. The van der Waals surface area contributed by atoms with E-state index in [1.807, 2.05) is 0 Å². The van der Waals surface area contributed by atoms with Gasteiger partial charge in [0.1, 0.15) is 29.4 Å². The summed E-state index contributed by atoms with van der Waals surface area (Å²) < 4.78 is 36.7. The molecule has 0 spiro atoms. The fourth-order valence-electron chi connectivity index (χ4n) is 3.59. The molecule has 13 nitrogen and oxygen atoms in total. The second-order valence-electron chi connectivity index (χ2n) is 8.00. The molecule has 4 rings (SSSR count). The number of hydrogen-bond acceptors (Lipinski definition) is 11. The second kappa shape index (κ2) is 7.76. The number of aromatic nitrogens is 4. The zero-order chi connectivity index (χ0) is 22.6. The summed E-state index contributed by atoms with van der Waals surface area (Å²) >= 11 is 0. The SMILES string of the molecule is CC(C)OC(=O)C(C)NP1(=O)OCC2OC(n3cnc4cnc(N)nc43)C(C)(O)C2O1. The van der Waals surface area contributed by atoms with Crippen LogP contribution in [0, 0.1) is 0 Å². The van der Waals surface area contributed by atoms with E-state index >= 15 is 0 Å². The van der Waals surface area contributed by atoms with E-state index in [4.69, 9.17) is 24.3 Å². The summed E-state index contributed by atoms with van der Waals surface area (Å²) in [7, 11) is -3.94. The van der Waals surface area contributed by atoms with Crippen molar-refractivity contribution >= 4 is 30.8 Å². The molecule has 6 atom stereocenters. The predicted molar refractivity (Wildman–Crippen MR) is 107 cm³/mol. The highest BCUT2D eigenvalue weighted by molar-refractivity contribution is 7.51. The molecule has 2 saturated heterocycles. The fourth-order valence-corrected chi connectivity index (χ4v) is 5.36. The molecule has 0 radical (unpaired) electrons. The number of esters is 1. The molecule has 4 heterocycles. The Hall–Kier alpha value is -2.15. The summed E-state index contributed by atoms with van der Waals surface area (Å²) in [6, 6.07) is -0.954. The second-order valence-corrected chi connectivity index (χ2v) is 9.72. The molecule has 2 fully saturated rings. The normalized spacial score (nSPS) is 34.1. The van der Waals surface area contributed by atoms with Crippen LogP contribution in [0.4, 0.5) is 5.95 Å². The number of nitrogens with one attached hydrogen (secondary N) is 1. The van der Waals surface area contributed by atoms with Gasteiger partial charge in [0.25, 0.3) is 0 Å². The first-order chi connectivity index (χ1) is 14.5. The maximum absolute atomic E-state index is 13.1. The Morgan fingerprint density at radius 1 is 1.45 bits per heavy atom. The fraction of sp³-hybridized carbons (Fsp3) is 0.647. The minimum atomic E-state index is -3.94. The molecule has 170 valence electrons. The summed E-state index contributed by atoms with van der Waals surface area (Å²) in [5, 5.41) is 13.8. The third kappa shape index (κ3) is 4.04. The predicted octanol–water partition coefficient (Wildman–Crippen LogP) is 0.510. The van der Waals surface area contributed by atoms with Gasteiger partial charge in [-0.05, 0) is 27.7 Å². The van der Waals surface area contributed by atoms with Gasteiger partial charge in [0.05, 0.1) is 25.2 Å². The van der Waals surface area contributed by atoms with Gasteiger partial charge in [-0.25, -0.2) is 19.6 Å².